The van der Waals surface area contributed by atoms with Gasteiger partial charge in [0, 0.05) is 3.57 Å². The van der Waals surface area contributed by atoms with Gasteiger partial charge in [-0.1, -0.05) is 30.3 Å². The molecule has 0 saturated carbocycles. The zero-order valence-electron chi connectivity index (χ0n) is 17.5. The van der Waals surface area contributed by atoms with Crippen molar-refractivity contribution in [3.05, 3.63) is 88.0 Å². The normalized spacial score (nSPS) is 11.7. The summed E-state index contributed by atoms with van der Waals surface area (Å²) in [6, 6.07) is 23.4. The minimum Gasteiger partial charge on any atom is -0.457 e. The molecule has 166 valence electrons. The number of para-hydroxylation sites is 1. The molecule has 3 rings (SSSR count). The van der Waals surface area contributed by atoms with E-state index in [0.717, 1.165) is 19.7 Å². The van der Waals surface area contributed by atoms with Gasteiger partial charge in [0.25, 0.3) is 5.91 Å². The summed E-state index contributed by atoms with van der Waals surface area (Å²) in [4.78, 5) is 12.4. The van der Waals surface area contributed by atoms with E-state index in [4.69, 9.17) is 4.74 Å². The van der Waals surface area contributed by atoms with Gasteiger partial charge in [0.1, 0.15) is 18.0 Å². The molecule has 0 aliphatic carbocycles. The Morgan fingerprint density at radius 2 is 1.66 bits per heavy atom. The van der Waals surface area contributed by atoms with Gasteiger partial charge in [-0.15, -0.1) is 0 Å². The van der Waals surface area contributed by atoms with E-state index < -0.39 is 22.5 Å². The van der Waals surface area contributed by atoms with Gasteiger partial charge in [-0.25, -0.2) is 13.8 Å². The summed E-state index contributed by atoms with van der Waals surface area (Å²) < 4.78 is 32.4. The second kappa shape index (κ2) is 10.6. The minimum atomic E-state index is -3.70. The van der Waals surface area contributed by atoms with Crippen LogP contribution in [0, 0.1) is 3.57 Å². The monoisotopic (exact) mass is 563 g/mol. The van der Waals surface area contributed by atoms with E-state index in [0.29, 0.717) is 22.9 Å². The van der Waals surface area contributed by atoms with Crippen molar-refractivity contribution >= 4 is 49.9 Å². The van der Waals surface area contributed by atoms with Crippen LogP contribution < -0.4 is 14.5 Å². The maximum atomic E-state index is 12.4. The number of sulfonamides is 1. The molecule has 0 aliphatic heterocycles. The molecule has 3 aromatic rings. The molecule has 3 aromatic carbocycles. The lowest BCUT2D eigenvalue weighted by Gasteiger charge is -2.21. The van der Waals surface area contributed by atoms with Gasteiger partial charge in [0.15, 0.2) is 0 Å². The molecule has 0 aromatic heterocycles. The van der Waals surface area contributed by atoms with Gasteiger partial charge in [-0.05, 0) is 83.6 Å². The number of carbonyl (C=O) groups excluding carboxylic acids is 1. The van der Waals surface area contributed by atoms with Crippen molar-refractivity contribution in [2.24, 2.45) is 5.10 Å². The predicted octanol–water partition coefficient (Wildman–Crippen LogP) is 4.39. The van der Waals surface area contributed by atoms with Gasteiger partial charge in [-0.3, -0.25) is 9.10 Å². The molecule has 0 spiro atoms. The Balaban J connectivity index is 1.70. The number of amides is 1. The number of hydrogen-bond acceptors (Lipinski definition) is 5. The number of nitrogens with one attached hydrogen (secondary N) is 1. The molecule has 0 radical (unpaired) electrons. The molecule has 1 amide bonds. The van der Waals surface area contributed by atoms with E-state index in [9.17, 15) is 13.2 Å². The number of anilines is 1. The molecule has 0 bridgehead atoms. The Labute approximate surface area is 201 Å². The summed E-state index contributed by atoms with van der Waals surface area (Å²) in [5, 5.41) is 4.10. The first-order chi connectivity index (χ1) is 15.2. The first-order valence-corrected chi connectivity index (χ1v) is 12.5. The average molecular weight is 563 g/mol. The van der Waals surface area contributed by atoms with Crippen LogP contribution in [0.2, 0.25) is 0 Å². The van der Waals surface area contributed by atoms with E-state index in [2.05, 4.69) is 33.1 Å². The van der Waals surface area contributed by atoms with Crippen molar-refractivity contribution < 1.29 is 17.9 Å². The summed E-state index contributed by atoms with van der Waals surface area (Å²) in [6.45, 7) is 1.37. The van der Waals surface area contributed by atoms with Crippen LogP contribution in [0.4, 0.5) is 5.69 Å². The summed E-state index contributed by atoms with van der Waals surface area (Å²) in [5.41, 5.74) is 4.26. The van der Waals surface area contributed by atoms with E-state index in [1.807, 2.05) is 54.6 Å². The number of carbonyl (C=O) groups is 1. The van der Waals surface area contributed by atoms with Crippen LogP contribution in [0.3, 0.4) is 0 Å². The highest BCUT2D eigenvalue weighted by molar-refractivity contribution is 14.1. The van der Waals surface area contributed by atoms with Gasteiger partial charge >= 0.3 is 0 Å². The molecule has 7 nitrogen and oxygen atoms in total. The van der Waals surface area contributed by atoms with Crippen molar-refractivity contribution in [1.82, 2.24) is 5.43 Å². The molecule has 1 N–H and O–H groups in total. The first kappa shape index (κ1) is 23.7. The highest BCUT2D eigenvalue weighted by Crippen LogP contribution is 2.25. The molecule has 9 heteroatoms. The zero-order chi connectivity index (χ0) is 23.1. The third-order valence-corrected chi connectivity index (χ3v) is 6.19. The van der Waals surface area contributed by atoms with Crippen molar-refractivity contribution in [2.45, 2.75) is 6.92 Å². The number of nitrogens with zero attached hydrogens (tertiary/aromatic N) is 2. The second-order valence-electron chi connectivity index (χ2n) is 6.92. The molecule has 32 heavy (non-hydrogen) atoms. The van der Waals surface area contributed by atoms with Gasteiger partial charge in [0.05, 0.1) is 17.7 Å². The second-order valence-corrected chi connectivity index (χ2v) is 10.1. The number of hydrogen-bond donors (Lipinski definition) is 1. The van der Waals surface area contributed by atoms with Crippen LogP contribution in [-0.2, 0) is 14.8 Å². The summed E-state index contributed by atoms with van der Waals surface area (Å²) in [7, 11) is -3.70. The number of halogens is 1. The quantitative estimate of drug-likeness (QED) is 0.250. The lowest BCUT2D eigenvalue weighted by Crippen LogP contribution is -2.39. The Kier molecular flexibility index (Phi) is 7.86. The SMILES string of the molecule is C/C(=N\NC(=O)CN(c1ccc(Oc2ccccc2)cc1)S(C)(=O)=O)c1cccc(I)c1. The van der Waals surface area contributed by atoms with Crippen LogP contribution >= 0.6 is 22.6 Å². The van der Waals surface area contributed by atoms with Crippen LogP contribution in [-0.4, -0.2) is 32.8 Å². The van der Waals surface area contributed by atoms with Crippen LogP contribution in [0.25, 0.3) is 0 Å². The van der Waals surface area contributed by atoms with E-state index >= 15 is 0 Å². The summed E-state index contributed by atoms with van der Waals surface area (Å²) >= 11 is 2.20. The predicted molar refractivity (Wildman–Crippen MR) is 135 cm³/mol. The molecule has 0 atom stereocenters. The zero-order valence-corrected chi connectivity index (χ0v) is 20.5. The lowest BCUT2D eigenvalue weighted by molar-refractivity contribution is -0.119. The lowest BCUT2D eigenvalue weighted by atomic mass is 10.1. The Morgan fingerprint density at radius 3 is 2.28 bits per heavy atom. The first-order valence-electron chi connectivity index (χ1n) is 9.62. The van der Waals surface area contributed by atoms with Crippen LogP contribution in [0.5, 0.6) is 11.5 Å². The van der Waals surface area contributed by atoms with Gasteiger partial charge in [0.2, 0.25) is 10.0 Å². The molecule has 0 unspecified atom stereocenters. The maximum absolute atomic E-state index is 12.4. The number of hydrazone groups is 1. The average Bonchev–Trinajstić information content (AvgIpc) is 2.76. The number of rotatable bonds is 8. The van der Waals surface area contributed by atoms with Crippen molar-refractivity contribution in [2.75, 3.05) is 17.1 Å². The largest absolute Gasteiger partial charge is 0.457 e. The third kappa shape index (κ3) is 6.79. The fourth-order valence-corrected chi connectivity index (χ4v) is 4.19. The number of ether oxygens (including phenoxy) is 1. The Hall–Kier alpha value is -2.92. The van der Waals surface area contributed by atoms with Crippen molar-refractivity contribution in [1.29, 1.82) is 0 Å². The standard InChI is InChI=1S/C23H22IN3O4S/c1-17(18-7-6-8-19(24)15-18)25-26-23(28)16-27(32(2,29)30)20-11-13-22(14-12-20)31-21-9-4-3-5-10-21/h3-15H,16H2,1-2H3,(H,26,28)/b25-17+. The molecule has 0 saturated heterocycles. The van der Waals surface area contributed by atoms with E-state index in [-0.39, 0.29) is 0 Å². The minimum absolute atomic E-state index is 0.348. The fourth-order valence-electron chi connectivity index (χ4n) is 2.80. The molecule has 0 aliphatic rings. The van der Waals surface area contributed by atoms with Gasteiger partial charge in [-0.2, -0.15) is 5.10 Å². The Morgan fingerprint density at radius 1 is 1.00 bits per heavy atom. The summed E-state index contributed by atoms with van der Waals surface area (Å²) in [5.74, 6) is 0.668. The maximum Gasteiger partial charge on any atom is 0.260 e. The fraction of sp³-hybridized carbons (Fsp3) is 0.130. The molecule has 0 fully saturated rings. The van der Waals surface area contributed by atoms with E-state index in [1.54, 1.807) is 31.2 Å². The topological polar surface area (TPSA) is 88.1 Å². The third-order valence-electron chi connectivity index (χ3n) is 4.38. The Bertz CT molecular complexity index is 1210. The van der Waals surface area contributed by atoms with Crippen molar-refractivity contribution in [3.63, 3.8) is 0 Å². The van der Waals surface area contributed by atoms with Crippen molar-refractivity contribution in [3.8, 4) is 11.5 Å². The van der Waals surface area contributed by atoms with Crippen LogP contribution in [0.1, 0.15) is 12.5 Å². The molecular weight excluding hydrogens is 541 g/mol. The van der Waals surface area contributed by atoms with Crippen LogP contribution in [0.15, 0.2) is 84.0 Å². The molecule has 0 heterocycles. The van der Waals surface area contributed by atoms with E-state index in [1.165, 1.54) is 0 Å². The molecular formula is C23H22IN3O4S. The summed E-state index contributed by atoms with van der Waals surface area (Å²) in [6.07, 6.45) is 1.05. The van der Waals surface area contributed by atoms with Gasteiger partial charge < -0.3 is 4.74 Å². The highest BCUT2D eigenvalue weighted by Gasteiger charge is 2.21. The number of benzene rings is 3. The smallest absolute Gasteiger partial charge is 0.260 e. The highest BCUT2D eigenvalue weighted by atomic mass is 127.